The highest BCUT2D eigenvalue weighted by atomic mass is 16.5. The summed E-state index contributed by atoms with van der Waals surface area (Å²) in [6.45, 7) is 6.09. The Morgan fingerprint density at radius 2 is 2.00 bits per heavy atom. The number of amides is 1. The van der Waals surface area contributed by atoms with Gasteiger partial charge in [0, 0.05) is 17.8 Å². The number of hydrogen-bond acceptors (Lipinski definition) is 7. The number of likely N-dealkylation sites (tertiary alicyclic amines) is 1. The molecule has 31 heavy (non-hydrogen) atoms. The standard InChI is InChI=1S/C23H27N5O3/c1-3-30-19-9-7-18(8-10-19)25-22(29)16(2)28-14-11-17(12-15-28)23-26-21(27-31-23)20-6-4-5-13-24-20/h4-10,13,16-17H,3,11-12,14-15H2,1-2H3,(H,25,29). The average Bonchev–Trinajstić information content (AvgIpc) is 3.31. The number of hydrogen-bond donors (Lipinski definition) is 1. The van der Waals surface area contributed by atoms with Crippen molar-refractivity contribution in [2.24, 2.45) is 0 Å². The van der Waals surface area contributed by atoms with Crippen molar-refractivity contribution in [3.05, 3.63) is 54.6 Å². The van der Waals surface area contributed by atoms with Crippen molar-refractivity contribution in [3.63, 3.8) is 0 Å². The van der Waals surface area contributed by atoms with Crippen LogP contribution in [0.2, 0.25) is 0 Å². The molecule has 1 atom stereocenters. The molecule has 0 spiro atoms. The minimum Gasteiger partial charge on any atom is -0.494 e. The maximum atomic E-state index is 12.7. The Kier molecular flexibility index (Phi) is 6.57. The zero-order valence-corrected chi connectivity index (χ0v) is 17.8. The van der Waals surface area contributed by atoms with Gasteiger partial charge >= 0.3 is 0 Å². The van der Waals surface area contributed by atoms with Gasteiger partial charge in [-0.3, -0.25) is 14.7 Å². The van der Waals surface area contributed by atoms with Gasteiger partial charge in [0.1, 0.15) is 11.4 Å². The van der Waals surface area contributed by atoms with Crippen LogP contribution in [0.15, 0.2) is 53.2 Å². The summed E-state index contributed by atoms with van der Waals surface area (Å²) >= 11 is 0. The first-order valence-electron chi connectivity index (χ1n) is 10.7. The van der Waals surface area contributed by atoms with Crippen LogP contribution < -0.4 is 10.1 Å². The lowest BCUT2D eigenvalue weighted by atomic mass is 9.95. The number of nitrogens with one attached hydrogen (secondary N) is 1. The number of piperidine rings is 1. The van der Waals surface area contributed by atoms with E-state index in [0.717, 1.165) is 37.4 Å². The Morgan fingerprint density at radius 1 is 1.23 bits per heavy atom. The van der Waals surface area contributed by atoms with Gasteiger partial charge in [0.2, 0.25) is 17.6 Å². The van der Waals surface area contributed by atoms with Crippen LogP contribution in [-0.2, 0) is 4.79 Å². The summed E-state index contributed by atoms with van der Waals surface area (Å²) in [4.78, 5) is 23.7. The van der Waals surface area contributed by atoms with Crippen LogP contribution in [-0.4, -0.2) is 51.7 Å². The first-order valence-corrected chi connectivity index (χ1v) is 10.7. The summed E-state index contributed by atoms with van der Waals surface area (Å²) in [6, 6.07) is 12.8. The highest BCUT2D eigenvalue weighted by Crippen LogP contribution is 2.29. The molecule has 1 saturated heterocycles. The molecule has 1 unspecified atom stereocenters. The molecule has 2 aromatic heterocycles. The van der Waals surface area contributed by atoms with E-state index < -0.39 is 0 Å². The smallest absolute Gasteiger partial charge is 0.241 e. The van der Waals surface area contributed by atoms with Crippen LogP contribution in [0.5, 0.6) is 5.75 Å². The summed E-state index contributed by atoms with van der Waals surface area (Å²) in [5.74, 6) is 2.14. The molecular weight excluding hydrogens is 394 g/mol. The Hall–Kier alpha value is -3.26. The van der Waals surface area contributed by atoms with E-state index in [1.807, 2.05) is 56.3 Å². The van der Waals surface area contributed by atoms with E-state index >= 15 is 0 Å². The second kappa shape index (κ2) is 9.70. The van der Waals surface area contributed by atoms with Gasteiger partial charge in [-0.1, -0.05) is 11.2 Å². The van der Waals surface area contributed by atoms with Crippen LogP contribution in [0.1, 0.15) is 38.5 Å². The van der Waals surface area contributed by atoms with Gasteiger partial charge in [0.15, 0.2) is 0 Å². The molecule has 0 bridgehead atoms. The first-order chi connectivity index (χ1) is 15.1. The topological polar surface area (TPSA) is 93.4 Å². The van der Waals surface area contributed by atoms with E-state index in [-0.39, 0.29) is 17.9 Å². The number of nitrogens with zero attached hydrogens (tertiary/aromatic N) is 4. The molecule has 162 valence electrons. The molecule has 1 amide bonds. The van der Waals surface area contributed by atoms with Crippen LogP contribution in [0, 0.1) is 0 Å². The number of aromatic nitrogens is 3. The Labute approximate surface area is 181 Å². The summed E-state index contributed by atoms with van der Waals surface area (Å²) in [6.07, 6.45) is 3.44. The van der Waals surface area contributed by atoms with Crippen molar-refractivity contribution >= 4 is 11.6 Å². The fourth-order valence-electron chi connectivity index (χ4n) is 3.75. The lowest BCUT2D eigenvalue weighted by molar-refractivity contribution is -0.121. The molecule has 8 nitrogen and oxygen atoms in total. The van der Waals surface area contributed by atoms with Crippen molar-refractivity contribution in [1.82, 2.24) is 20.0 Å². The fourth-order valence-corrected chi connectivity index (χ4v) is 3.75. The predicted octanol–water partition coefficient (Wildman–Crippen LogP) is 3.74. The summed E-state index contributed by atoms with van der Waals surface area (Å²) < 4.78 is 10.9. The molecule has 1 aliphatic heterocycles. The van der Waals surface area contributed by atoms with E-state index in [2.05, 4.69) is 25.3 Å². The van der Waals surface area contributed by atoms with Gasteiger partial charge in [-0.15, -0.1) is 0 Å². The number of benzene rings is 1. The molecule has 1 N–H and O–H groups in total. The lowest BCUT2D eigenvalue weighted by Gasteiger charge is -2.34. The molecule has 8 heteroatoms. The largest absolute Gasteiger partial charge is 0.494 e. The first kappa shape index (κ1) is 21.0. The van der Waals surface area contributed by atoms with Crippen LogP contribution in [0.3, 0.4) is 0 Å². The molecule has 1 aromatic carbocycles. The highest BCUT2D eigenvalue weighted by Gasteiger charge is 2.30. The fraction of sp³-hybridized carbons (Fsp3) is 0.391. The molecule has 0 radical (unpaired) electrons. The number of carbonyl (C=O) groups is 1. The third-order valence-electron chi connectivity index (χ3n) is 5.57. The van der Waals surface area contributed by atoms with Gasteiger partial charge in [-0.05, 0) is 76.2 Å². The molecule has 4 rings (SSSR count). The number of pyridine rings is 1. The molecule has 0 aliphatic carbocycles. The lowest BCUT2D eigenvalue weighted by Crippen LogP contribution is -2.45. The normalized spacial score (nSPS) is 16.1. The maximum absolute atomic E-state index is 12.7. The summed E-state index contributed by atoms with van der Waals surface area (Å²) in [5.41, 5.74) is 1.47. The number of anilines is 1. The molecule has 1 aliphatic rings. The van der Waals surface area contributed by atoms with Crippen LogP contribution >= 0.6 is 0 Å². The van der Waals surface area contributed by atoms with Crippen LogP contribution in [0.25, 0.3) is 11.5 Å². The van der Waals surface area contributed by atoms with Gasteiger partial charge in [0.25, 0.3) is 0 Å². The van der Waals surface area contributed by atoms with E-state index in [4.69, 9.17) is 9.26 Å². The zero-order chi connectivity index (χ0) is 21.6. The SMILES string of the molecule is CCOc1ccc(NC(=O)C(C)N2CCC(c3nc(-c4ccccn4)no3)CC2)cc1. The third-order valence-corrected chi connectivity index (χ3v) is 5.57. The number of carbonyl (C=O) groups excluding carboxylic acids is 1. The number of ether oxygens (including phenoxy) is 1. The van der Waals surface area contributed by atoms with E-state index in [9.17, 15) is 4.79 Å². The average molecular weight is 422 g/mol. The number of rotatable bonds is 7. The minimum atomic E-state index is -0.223. The Bertz CT molecular complexity index is 982. The molecule has 0 saturated carbocycles. The van der Waals surface area contributed by atoms with E-state index in [1.165, 1.54) is 0 Å². The molecule has 1 fully saturated rings. The monoisotopic (exact) mass is 421 g/mol. The maximum Gasteiger partial charge on any atom is 0.241 e. The van der Waals surface area contributed by atoms with Crippen molar-refractivity contribution in [2.45, 2.75) is 38.6 Å². The van der Waals surface area contributed by atoms with Crippen molar-refractivity contribution < 1.29 is 14.1 Å². The van der Waals surface area contributed by atoms with Gasteiger partial charge in [0.05, 0.1) is 12.6 Å². The summed E-state index contributed by atoms with van der Waals surface area (Å²) in [7, 11) is 0. The zero-order valence-electron chi connectivity index (χ0n) is 17.8. The highest BCUT2D eigenvalue weighted by molar-refractivity contribution is 5.94. The van der Waals surface area contributed by atoms with Gasteiger partial charge in [-0.25, -0.2) is 0 Å². The summed E-state index contributed by atoms with van der Waals surface area (Å²) in [5, 5.41) is 7.06. The second-order valence-electron chi connectivity index (χ2n) is 7.60. The molecular formula is C23H27N5O3. The third kappa shape index (κ3) is 5.08. The Morgan fingerprint density at radius 3 is 2.68 bits per heavy atom. The van der Waals surface area contributed by atoms with Crippen molar-refractivity contribution in [2.75, 3.05) is 25.0 Å². The molecule has 3 aromatic rings. The van der Waals surface area contributed by atoms with E-state index in [0.29, 0.717) is 24.0 Å². The van der Waals surface area contributed by atoms with Gasteiger partial charge in [-0.2, -0.15) is 4.98 Å². The second-order valence-corrected chi connectivity index (χ2v) is 7.60. The van der Waals surface area contributed by atoms with Crippen molar-refractivity contribution in [1.29, 1.82) is 0 Å². The van der Waals surface area contributed by atoms with Crippen LogP contribution in [0.4, 0.5) is 5.69 Å². The minimum absolute atomic E-state index is 0.0159. The van der Waals surface area contributed by atoms with Crippen molar-refractivity contribution in [3.8, 4) is 17.3 Å². The molecule has 3 heterocycles. The predicted molar refractivity (Wildman–Crippen MR) is 117 cm³/mol. The van der Waals surface area contributed by atoms with E-state index in [1.54, 1.807) is 6.20 Å². The Balaban J connectivity index is 1.30. The quantitative estimate of drug-likeness (QED) is 0.621. The van der Waals surface area contributed by atoms with Gasteiger partial charge < -0.3 is 14.6 Å².